The van der Waals surface area contributed by atoms with E-state index in [1.54, 1.807) is 13.0 Å². The molecule has 1 aromatic heterocycles. The number of hydrogen-bond acceptors (Lipinski definition) is 6. The molecule has 1 fully saturated rings. The molecule has 0 saturated heterocycles. The third-order valence-corrected chi connectivity index (χ3v) is 3.23. The van der Waals surface area contributed by atoms with Crippen LogP contribution in [-0.4, -0.2) is 45.4 Å². The van der Waals surface area contributed by atoms with Gasteiger partial charge in [0.05, 0.1) is 25.2 Å². The molecule has 0 aromatic carbocycles. The molecule has 104 valence electrons. The van der Waals surface area contributed by atoms with Crippen LogP contribution in [0.2, 0.25) is 0 Å². The zero-order valence-corrected chi connectivity index (χ0v) is 10.8. The Bertz CT molecular complexity index is 480. The maximum absolute atomic E-state index is 10.9. The number of carboxylic acid groups (broad SMARTS) is 1. The number of carbonyl (C=O) groups is 1. The zero-order chi connectivity index (χ0) is 14.0. The number of carboxylic acids is 1. The van der Waals surface area contributed by atoms with Crippen molar-refractivity contribution in [3.63, 3.8) is 0 Å². The molecule has 0 amide bonds. The molecule has 0 spiro atoms. The number of aliphatic hydroxyl groups is 1. The first-order chi connectivity index (χ1) is 8.99. The lowest BCUT2D eigenvalue weighted by molar-refractivity contribution is -0.141. The van der Waals surface area contributed by atoms with Gasteiger partial charge < -0.3 is 20.3 Å². The van der Waals surface area contributed by atoms with Gasteiger partial charge in [0, 0.05) is 11.8 Å². The predicted octanol–water partition coefficient (Wildman–Crippen LogP) is 0.430. The van der Waals surface area contributed by atoms with E-state index in [4.69, 9.17) is 9.84 Å². The molecule has 3 unspecified atom stereocenters. The van der Waals surface area contributed by atoms with Crippen molar-refractivity contribution in [2.75, 3.05) is 12.4 Å². The Labute approximate surface area is 110 Å². The Morgan fingerprint density at radius 3 is 2.79 bits per heavy atom. The van der Waals surface area contributed by atoms with E-state index in [1.807, 2.05) is 0 Å². The summed E-state index contributed by atoms with van der Waals surface area (Å²) in [4.78, 5) is 19.2. The Morgan fingerprint density at radius 2 is 2.21 bits per heavy atom. The highest BCUT2D eigenvalue weighted by Crippen LogP contribution is 2.28. The second kappa shape index (κ2) is 5.40. The minimum Gasteiger partial charge on any atom is -0.481 e. The number of ether oxygens (including phenoxy) is 1. The summed E-state index contributed by atoms with van der Waals surface area (Å²) in [6.45, 7) is 1.81. The molecule has 1 aromatic rings. The van der Waals surface area contributed by atoms with Crippen molar-refractivity contribution in [3.8, 4) is 5.88 Å². The topological polar surface area (TPSA) is 105 Å². The lowest BCUT2D eigenvalue weighted by Gasteiger charge is -2.16. The average Bonchev–Trinajstić information content (AvgIpc) is 2.70. The van der Waals surface area contributed by atoms with Crippen molar-refractivity contribution in [3.05, 3.63) is 11.8 Å². The fourth-order valence-corrected chi connectivity index (χ4v) is 2.25. The van der Waals surface area contributed by atoms with Gasteiger partial charge in [0.25, 0.3) is 0 Å². The molecule has 2 rings (SSSR count). The molecule has 3 N–H and O–H groups in total. The van der Waals surface area contributed by atoms with E-state index >= 15 is 0 Å². The van der Waals surface area contributed by atoms with Crippen molar-refractivity contribution < 1.29 is 19.7 Å². The Balaban J connectivity index is 2.09. The quantitative estimate of drug-likeness (QED) is 0.726. The molecule has 3 atom stereocenters. The number of anilines is 1. The number of aliphatic hydroxyl groups excluding tert-OH is 1. The Morgan fingerprint density at radius 1 is 1.47 bits per heavy atom. The lowest BCUT2D eigenvalue weighted by atomic mass is 10.1. The zero-order valence-electron chi connectivity index (χ0n) is 10.8. The molecule has 19 heavy (non-hydrogen) atoms. The maximum Gasteiger partial charge on any atom is 0.306 e. The van der Waals surface area contributed by atoms with E-state index in [2.05, 4.69) is 15.3 Å². The standard InChI is InChI=1S/C12H17N3O4/c1-6-3-10(19-2)15-12(13-6)14-8-4-7(11(17)18)5-9(8)16/h3,7-9,16H,4-5H2,1-2H3,(H,17,18)(H,13,14,15). The molecule has 0 bridgehead atoms. The SMILES string of the molecule is COc1cc(C)nc(NC2CC(C(=O)O)CC2O)n1. The van der Waals surface area contributed by atoms with Crippen LogP contribution >= 0.6 is 0 Å². The van der Waals surface area contributed by atoms with E-state index in [0.717, 1.165) is 5.69 Å². The molecule has 7 nitrogen and oxygen atoms in total. The van der Waals surface area contributed by atoms with Gasteiger partial charge in [-0.3, -0.25) is 4.79 Å². The van der Waals surface area contributed by atoms with E-state index in [-0.39, 0.29) is 12.5 Å². The van der Waals surface area contributed by atoms with E-state index in [9.17, 15) is 9.90 Å². The fourth-order valence-electron chi connectivity index (χ4n) is 2.25. The number of aryl methyl sites for hydroxylation is 1. The Kier molecular flexibility index (Phi) is 3.84. The summed E-state index contributed by atoms with van der Waals surface area (Å²) in [5.74, 6) is -0.644. The van der Waals surface area contributed by atoms with Gasteiger partial charge in [0.1, 0.15) is 0 Å². The van der Waals surface area contributed by atoms with Crippen LogP contribution in [0.4, 0.5) is 5.95 Å². The number of methoxy groups -OCH3 is 1. The molecular weight excluding hydrogens is 250 g/mol. The highest BCUT2D eigenvalue weighted by molar-refractivity contribution is 5.70. The molecule has 0 aliphatic heterocycles. The van der Waals surface area contributed by atoms with E-state index in [1.165, 1.54) is 7.11 Å². The van der Waals surface area contributed by atoms with Gasteiger partial charge in [-0.2, -0.15) is 4.98 Å². The number of nitrogens with one attached hydrogen (secondary N) is 1. The first kappa shape index (κ1) is 13.5. The summed E-state index contributed by atoms with van der Waals surface area (Å²) in [7, 11) is 1.51. The summed E-state index contributed by atoms with van der Waals surface area (Å²) in [5.41, 5.74) is 0.733. The van der Waals surface area contributed by atoms with Crippen LogP contribution in [0.5, 0.6) is 5.88 Å². The highest BCUT2D eigenvalue weighted by atomic mass is 16.5. The number of nitrogens with zero attached hydrogens (tertiary/aromatic N) is 2. The highest BCUT2D eigenvalue weighted by Gasteiger charge is 2.37. The number of rotatable bonds is 4. The molecular formula is C12H17N3O4. The third kappa shape index (κ3) is 3.11. The minimum atomic E-state index is -0.883. The number of hydrogen-bond donors (Lipinski definition) is 3. The second-order valence-corrected chi connectivity index (χ2v) is 4.70. The number of aliphatic carboxylic acids is 1. The summed E-state index contributed by atoms with van der Waals surface area (Å²) in [5, 5.41) is 21.8. The van der Waals surface area contributed by atoms with Crippen LogP contribution in [0, 0.1) is 12.8 Å². The molecule has 1 heterocycles. The first-order valence-electron chi connectivity index (χ1n) is 6.06. The fraction of sp³-hybridized carbons (Fsp3) is 0.583. The van der Waals surface area contributed by atoms with Gasteiger partial charge in [-0.1, -0.05) is 0 Å². The molecule has 0 radical (unpaired) electrons. The molecule has 1 aliphatic rings. The summed E-state index contributed by atoms with van der Waals surface area (Å²) >= 11 is 0. The third-order valence-electron chi connectivity index (χ3n) is 3.23. The van der Waals surface area contributed by atoms with Gasteiger partial charge >= 0.3 is 5.97 Å². The van der Waals surface area contributed by atoms with Crippen LogP contribution in [0.25, 0.3) is 0 Å². The van der Waals surface area contributed by atoms with Crippen molar-refractivity contribution in [1.29, 1.82) is 0 Å². The normalized spacial score (nSPS) is 26.2. The van der Waals surface area contributed by atoms with Crippen LogP contribution in [-0.2, 0) is 4.79 Å². The van der Waals surface area contributed by atoms with Gasteiger partial charge in [-0.05, 0) is 19.8 Å². The molecule has 1 saturated carbocycles. The van der Waals surface area contributed by atoms with Crippen molar-refractivity contribution in [2.24, 2.45) is 5.92 Å². The summed E-state index contributed by atoms with van der Waals surface area (Å²) in [6, 6.07) is 1.34. The monoisotopic (exact) mass is 267 g/mol. The molecule has 1 aliphatic carbocycles. The average molecular weight is 267 g/mol. The van der Waals surface area contributed by atoms with Crippen LogP contribution in [0.1, 0.15) is 18.5 Å². The van der Waals surface area contributed by atoms with Gasteiger partial charge in [-0.25, -0.2) is 4.98 Å². The van der Waals surface area contributed by atoms with Crippen LogP contribution in [0.15, 0.2) is 6.07 Å². The van der Waals surface area contributed by atoms with E-state index < -0.39 is 18.0 Å². The molecule has 7 heteroatoms. The van der Waals surface area contributed by atoms with Gasteiger partial charge in [0.2, 0.25) is 11.8 Å². The van der Waals surface area contributed by atoms with Gasteiger partial charge in [0.15, 0.2) is 0 Å². The largest absolute Gasteiger partial charge is 0.481 e. The lowest BCUT2D eigenvalue weighted by Crippen LogP contribution is -2.29. The summed E-state index contributed by atoms with van der Waals surface area (Å²) < 4.78 is 5.04. The second-order valence-electron chi connectivity index (χ2n) is 4.70. The number of aromatic nitrogens is 2. The van der Waals surface area contributed by atoms with E-state index in [0.29, 0.717) is 18.2 Å². The minimum absolute atomic E-state index is 0.246. The van der Waals surface area contributed by atoms with Crippen LogP contribution < -0.4 is 10.1 Å². The summed E-state index contributed by atoms with van der Waals surface area (Å²) in [6.07, 6.45) is -0.109. The van der Waals surface area contributed by atoms with Gasteiger partial charge in [-0.15, -0.1) is 0 Å². The smallest absolute Gasteiger partial charge is 0.306 e. The van der Waals surface area contributed by atoms with Crippen LogP contribution in [0.3, 0.4) is 0 Å². The first-order valence-corrected chi connectivity index (χ1v) is 6.06. The maximum atomic E-state index is 10.9. The predicted molar refractivity (Wildman–Crippen MR) is 67.1 cm³/mol. The van der Waals surface area contributed by atoms with Crippen molar-refractivity contribution in [1.82, 2.24) is 9.97 Å². The Hall–Kier alpha value is -1.89. The van der Waals surface area contributed by atoms with Crippen molar-refractivity contribution in [2.45, 2.75) is 31.9 Å². The van der Waals surface area contributed by atoms with Crippen molar-refractivity contribution >= 4 is 11.9 Å².